The van der Waals surface area contributed by atoms with Crippen LogP contribution < -0.4 is 4.74 Å². The molecule has 0 amide bonds. The van der Waals surface area contributed by atoms with Gasteiger partial charge < -0.3 is 4.74 Å². The van der Waals surface area contributed by atoms with Gasteiger partial charge in [0.2, 0.25) is 0 Å². The number of pyridine rings is 1. The van der Waals surface area contributed by atoms with Crippen LogP contribution in [0.2, 0.25) is 0 Å². The highest BCUT2D eigenvalue weighted by molar-refractivity contribution is 7.98. The van der Waals surface area contributed by atoms with Gasteiger partial charge in [-0.15, -0.1) is 10.2 Å². The normalized spacial score (nSPS) is 11.2. The van der Waals surface area contributed by atoms with Crippen LogP contribution in [0.1, 0.15) is 11.1 Å². The molecule has 0 N–H and O–H groups in total. The summed E-state index contributed by atoms with van der Waals surface area (Å²) in [5.74, 6) is 1.32. The summed E-state index contributed by atoms with van der Waals surface area (Å²) < 4.78 is 7.36. The van der Waals surface area contributed by atoms with Crippen LogP contribution in [0.4, 0.5) is 5.69 Å². The van der Waals surface area contributed by atoms with E-state index in [1.54, 1.807) is 19.2 Å². The first-order valence-corrected chi connectivity index (χ1v) is 9.24. The van der Waals surface area contributed by atoms with E-state index < -0.39 is 0 Å². The maximum atomic E-state index is 11.0. The first kappa shape index (κ1) is 17.3. The second kappa shape index (κ2) is 6.88. The maximum absolute atomic E-state index is 11.0. The van der Waals surface area contributed by atoms with E-state index in [0.717, 1.165) is 38.6 Å². The zero-order valence-electron chi connectivity index (χ0n) is 14.7. The van der Waals surface area contributed by atoms with Gasteiger partial charge in [0.25, 0.3) is 5.69 Å². The largest absolute Gasteiger partial charge is 0.497 e. The number of ether oxygens (including phenoxy) is 1. The van der Waals surface area contributed by atoms with E-state index >= 15 is 0 Å². The number of nitrogens with zero attached hydrogens (tertiary/aromatic N) is 4. The lowest BCUT2D eigenvalue weighted by Gasteiger charge is -2.09. The Hall–Kier alpha value is -3.13. The molecular weight excluding hydrogens is 364 g/mol. The van der Waals surface area contributed by atoms with Gasteiger partial charge in [-0.25, -0.2) is 0 Å². The molecule has 0 spiro atoms. The summed E-state index contributed by atoms with van der Waals surface area (Å²) in [5, 5.41) is 21.4. The fraction of sp³-hybridized carbons (Fsp3) is 0.158. The Morgan fingerprint density at radius 2 is 2.04 bits per heavy atom. The highest BCUT2D eigenvalue weighted by atomic mass is 32.2. The van der Waals surface area contributed by atoms with Gasteiger partial charge in [-0.2, -0.15) is 0 Å². The Labute approximate surface area is 159 Å². The summed E-state index contributed by atoms with van der Waals surface area (Å²) in [6.07, 6.45) is 0. The van der Waals surface area contributed by atoms with Crippen LogP contribution in [0.5, 0.6) is 5.75 Å². The predicted octanol–water partition coefficient (Wildman–Crippen LogP) is 4.40. The van der Waals surface area contributed by atoms with E-state index in [4.69, 9.17) is 4.74 Å². The van der Waals surface area contributed by atoms with Crippen LogP contribution in [0.25, 0.3) is 16.6 Å². The number of non-ortho nitro benzene ring substituents is 1. The molecule has 0 aliphatic heterocycles. The van der Waals surface area contributed by atoms with Crippen molar-refractivity contribution in [3.8, 4) is 5.75 Å². The molecule has 8 heteroatoms. The third-order valence-electron chi connectivity index (χ3n) is 4.36. The molecule has 7 nitrogen and oxygen atoms in total. The Balaban J connectivity index is 1.75. The van der Waals surface area contributed by atoms with Crippen molar-refractivity contribution in [3.63, 3.8) is 0 Å². The monoisotopic (exact) mass is 380 g/mol. The molecule has 2 aromatic heterocycles. The van der Waals surface area contributed by atoms with Crippen molar-refractivity contribution < 1.29 is 9.66 Å². The van der Waals surface area contributed by atoms with Crippen molar-refractivity contribution in [2.45, 2.75) is 17.8 Å². The quantitative estimate of drug-likeness (QED) is 0.290. The topological polar surface area (TPSA) is 82.6 Å². The number of rotatable bonds is 5. The molecule has 136 valence electrons. The number of aromatic nitrogens is 3. The van der Waals surface area contributed by atoms with Crippen LogP contribution in [-0.2, 0) is 5.75 Å². The first-order valence-electron chi connectivity index (χ1n) is 8.25. The summed E-state index contributed by atoms with van der Waals surface area (Å²) in [5.41, 5.74) is 3.79. The number of hydrogen-bond acceptors (Lipinski definition) is 6. The zero-order chi connectivity index (χ0) is 19.0. The molecule has 0 aliphatic rings. The molecule has 0 fully saturated rings. The fourth-order valence-corrected chi connectivity index (χ4v) is 3.93. The maximum Gasteiger partial charge on any atom is 0.269 e. The third-order valence-corrected chi connectivity index (χ3v) is 5.36. The molecule has 0 saturated heterocycles. The minimum absolute atomic E-state index is 0.0880. The number of aryl methyl sites for hydroxylation is 1. The van der Waals surface area contributed by atoms with Crippen molar-refractivity contribution in [2.24, 2.45) is 0 Å². The Kier molecular flexibility index (Phi) is 4.41. The summed E-state index contributed by atoms with van der Waals surface area (Å²) in [6, 6.07) is 14.6. The number of benzene rings is 2. The molecule has 0 saturated carbocycles. The van der Waals surface area contributed by atoms with Crippen molar-refractivity contribution >= 4 is 34.0 Å². The van der Waals surface area contributed by atoms with Gasteiger partial charge in [-0.3, -0.25) is 14.5 Å². The number of nitro groups is 1. The minimum Gasteiger partial charge on any atom is -0.497 e. The van der Waals surface area contributed by atoms with Crippen molar-refractivity contribution in [1.82, 2.24) is 14.6 Å². The van der Waals surface area contributed by atoms with E-state index in [2.05, 4.69) is 10.2 Å². The molecule has 27 heavy (non-hydrogen) atoms. The standard InChI is InChI=1S/C19H16N4O3S/c1-12-8-18-20-21-19(22(18)17-10-15(26-2)6-7-16(12)17)27-11-13-4-3-5-14(9-13)23(24)25/h3-10H,11H2,1-2H3. The second-order valence-corrected chi connectivity index (χ2v) is 7.04. The fourth-order valence-electron chi connectivity index (χ4n) is 3.03. The van der Waals surface area contributed by atoms with E-state index in [-0.39, 0.29) is 10.6 Å². The minimum atomic E-state index is -0.386. The number of thioether (sulfide) groups is 1. The van der Waals surface area contributed by atoms with Crippen LogP contribution in [0.15, 0.2) is 53.7 Å². The lowest BCUT2D eigenvalue weighted by atomic mass is 10.1. The van der Waals surface area contributed by atoms with E-state index in [1.807, 2.05) is 41.7 Å². The number of hydrogen-bond donors (Lipinski definition) is 0. The van der Waals surface area contributed by atoms with Gasteiger partial charge in [0.05, 0.1) is 17.5 Å². The highest BCUT2D eigenvalue weighted by Crippen LogP contribution is 2.30. The molecule has 0 atom stereocenters. The van der Waals surface area contributed by atoms with Gasteiger partial charge in [-0.1, -0.05) is 23.9 Å². The highest BCUT2D eigenvalue weighted by Gasteiger charge is 2.13. The van der Waals surface area contributed by atoms with Crippen molar-refractivity contribution in [3.05, 3.63) is 69.8 Å². The Morgan fingerprint density at radius 3 is 2.81 bits per heavy atom. The average molecular weight is 380 g/mol. The summed E-state index contributed by atoms with van der Waals surface area (Å²) in [4.78, 5) is 10.6. The second-order valence-electron chi connectivity index (χ2n) is 6.10. The number of fused-ring (bicyclic) bond motifs is 3. The van der Waals surface area contributed by atoms with Gasteiger partial charge in [0.1, 0.15) is 5.75 Å². The Bertz CT molecular complexity index is 1170. The summed E-state index contributed by atoms with van der Waals surface area (Å²) in [7, 11) is 1.64. The van der Waals surface area contributed by atoms with Crippen LogP contribution in [0, 0.1) is 17.0 Å². The molecule has 0 radical (unpaired) electrons. The summed E-state index contributed by atoms with van der Waals surface area (Å²) >= 11 is 1.49. The summed E-state index contributed by atoms with van der Waals surface area (Å²) in [6.45, 7) is 2.04. The first-order chi connectivity index (χ1) is 13.1. The smallest absolute Gasteiger partial charge is 0.269 e. The van der Waals surface area contributed by atoms with Crippen molar-refractivity contribution in [2.75, 3.05) is 7.11 Å². The van der Waals surface area contributed by atoms with Crippen molar-refractivity contribution in [1.29, 1.82) is 0 Å². The zero-order valence-corrected chi connectivity index (χ0v) is 15.6. The molecule has 0 bridgehead atoms. The third kappa shape index (κ3) is 3.19. The molecule has 4 rings (SSSR count). The van der Waals surface area contributed by atoms with Crippen LogP contribution >= 0.6 is 11.8 Å². The van der Waals surface area contributed by atoms with E-state index in [9.17, 15) is 10.1 Å². The van der Waals surface area contributed by atoms with Gasteiger partial charge in [-0.05, 0) is 36.2 Å². The molecule has 0 aliphatic carbocycles. The lowest BCUT2D eigenvalue weighted by Crippen LogP contribution is -1.95. The lowest BCUT2D eigenvalue weighted by molar-refractivity contribution is -0.384. The average Bonchev–Trinajstić information content (AvgIpc) is 3.09. The van der Waals surface area contributed by atoms with Gasteiger partial charge in [0.15, 0.2) is 10.8 Å². The van der Waals surface area contributed by atoms with Gasteiger partial charge in [0, 0.05) is 29.3 Å². The molecule has 2 heterocycles. The predicted molar refractivity (Wildman–Crippen MR) is 104 cm³/mol. The number of methoxy groups -OCH3 is 1. The van der Waals surface area contributed by atoms with E-state index in [0.29, 0.717) is 5.75 Å². The van der Waals surface area contributed by atoms with Crippen LogP contribution in [0.3, 0.4) is 0 Å². The van der Waals surface area contributed by atoms with Gasteiger partial charge >= 0.3 is 0 Å². The number of nitro benzene ring substituents is 1. The SMILES string of the molecule is COc1ccc2c(C)cc3nnc(SCc4cccc([N+](=O)[O-])c4)n3c2c1. The molecule has 4 aromatic rings. The van der Waals surface area contributed by atoms with Crippen LogP contribution in [-0.4, -0.2) is 26.6 Å². The molecule has 0 unspecified atom stereocenters. The Morgan fingerprint density at radius 1 is 1.19 bits per heavy atom. The molecule has 2 aromatic carbocycles. The molecular formula is C19H16N4O3S. The van der Waals surface area contributed by atoms with E-state index in [1.165, 1.54) is 17.8 Å².